The van der Waals surface area contributed by atoms with E-state index in [1.807, 2.05) is 30.5 Å². The van der Waals surface area contributed by atoms with Gasteiger partial charge in [-0.2, -0.15) is 0 Å². The summed E-state index contributed by atoms with van der Waals surface area (Å²) < 4.78 is 0. The van der Waals surface area contributed by atoms with Gasteiger partial charge in [-0.1, -0.05) is 30.3 Å². The maximum absolute atomic E-state index is 12.7. The Morgan fingerprint density at radius 1 is 1.14 bits per heavy atom. The lowest BCUT2D eigenvalue weighted by Gasteiger charge is -2.26. The number of amides is 2. The predicted octanol–water partition coefficient (Wildman–Crippen LogP) is 2.26. The number of aromatic hydroxyl groups is 1. The fourth-order valence-corrected chi connectivity index (χ4v) is 3.30. The van der Waals surface area contributed by atoms with Gasteiger partial charge >= 0.3 is 0 Å². The van der Waals surface area contributed by atoms with Crippen molar-refractivity contribution in [2.45, 2.75) is 18.9 Å². The Labute approximate surface area is 168 Å². The first-order chi connectivity index (χ1) is 13.9. The SMILES string of the molecule is CNC(=O)[C@H](Cc1c[nH]c2ccccc12)N(C)C(=O)CC(=O)c1cccc(O)c1. The lowest BCUT2D eigenvalue weighted by Crippen LogP contribution is -2.48. The molecule has 150 valence electrons. The van der Waals surface area contributed by atoms with Crippen molar-refractivity contribution in [1.82, 2.24) is 15.2 Å². The Morgan fingerprint density at radius 3 is 2.62 bits per heavy atom. The lowest BCUT2D eigenvalue weighted by molar-refractivity contribution is -0.138. The topological polar surface area (TPSA) is 103 Å². The van der Waals surface area contributed by atoms with Gasteiger partial charge in [0.1, 0.15) is 11.8 Å². The molecule has 29 heavy (non-hydrogen) atoms. The second kappa shape index (κ2) is 8.60. The highest BCUT2D eigenvalue weighted by atomic mass is 16.3. The van der Waals surface area contributed by atoms with Crippen molar-refractivity contribution >= 4 is 28.5 Å². The van der Waals surface area contributed by atoms with Crippen LogP contribution in [0.25, 0.3) is 10.9 Å². The molecule has 0 spiro atoms. The summed E-state index contributed by atoms with van der Waals surface area (Å²) >= 11 is 0. The summed E-state index contributed by atoms with van der Waals surface area (Å²) in [6.07, 6.45) is 1.75. The van der Waals surface area contributed by atoms with Crippen LogP contribution in [0.2, 0.25) is 0 Å². The van der Waals surface area contributed by atoms with Crippen molar-refractivity contribution in [3.63, 3.8) is 0 Å². The summed E-state index contributed by atoms with van der Waals surface area (Å²) in [6, 6.07) is 12.8. The molecule has 2 aromatic carbocycles. The number of carbonyl (C=O) groups excluding carboxylic acids is 3. The highest BCUT2D eigenvalue weighted by Crippen LogP contribution is 2.21. The summed E-state index contributed by atoms with van der Waals surface area (Å²) in [6.45, 7) is 0. The van der Waals surface area contributed by atoms with Gasteiger partial charge in [0.05, 0.1) is 6.42 Å². The second-order valence-electron chi connectivity index (χ2n) is 6.85. The largest absolute Gasteiger partial charge is 0.508 e. The van der Waals surface area contributed by atoms with E-state index in [9.17, 15) is 19.5 Å². The Morgan fingerprint density at radius 2 is 1.90 bits per heavy atom. The number of carbonyl (C=O) groups is 3. The first kappa shape index (κ1) is 20.1. The molecule has 3 N–H and O–H groups in total. The molecule has 0 saturated heterocycles. The van der Waals surface area contributed by atoms with E-state index < -0.39 is 17.7 Å². The van der Waals surface area contributed by atoms with Crippen molar-refractivity contribution in [2.75, 3.05) is 14.1 Å². The molecule has 1 heterocycles. The zero-order valence-corrected chi connectivity index (χ0v) is 16.3. The van der Waals surface area contributed by atoms with E-state index in [4.69, 9.17) is 0 Å². The van der Waals surface area contributed by atoms with Gasteiger partial charge in [-0.15, -0.1) is 0 Å². The van der Waals surface area contributed by atoms with Gasteiger partial charge in [0.2, 0.25) is 11.8 Å². The van der Waals surface area contributed by atoms with E-state index in [-0.39, 0.29) is 23.6 Å². The van der Waals surface area contributed by atoms with Crippen LogP contribution in [-0.4, -0.2) is 52.7 Å². The number of Topliss-reactive ketones (excluding diaryl/α,β-unsaturated/α-hetero) is 1. The lowest BCUT2D eigenvalue weighted by atomic mass is 10.0. The maximum Gasteiger partial charge on any atom is 0.242 e. The average Bonchev–Trinajstić information content (AvgIpc) is 3.13. The first-order valence-electron chi connectivity index (χ1n) is 9.25. The summed E-state index contributed by atoms with van der Waals surface area (Å²) in [5.74, 6) is -1.23. The fourth-order valence-electron chi connectivity index (χ4n) is 3.30. The number of para-hydroxylation sites is 1. The van der Waals surface area contributed by atoms with E-state index in [1.165, 1.54) is 37.2 Å². The molecule has 0 fully saturated rings. The van der Waals surface area contributed by atoms with Crippen LogP contribution >= 0.6 is 0 Å². The zero-order chi connectivity index (χ0) is 21.0. The molecule has 3 aromatic rings. The molecule has 0 aliphatic carbocycles. The molecule has 0 unspecified atom stereocenters. The van der Waals surface area contributed by atoms with E-state index in [0.29, 0.717) is 6.42 Å². The van der Waals surface area contributed by atoms with Gasteiger partial charge < -0.3 is 20.3 Å². The molecule has 2 amide bonds. The van der Waals surface area contributed by atoms with Crippen molar-refractivity contribution in [3.8, 4) is 5.75 Å². The monoisotopic (exact) mass is 393 g/mol. The third-order valence-corrected chi connectivity index (χ3v) is 4.98. The van der Waals surface area contributed by atoms with Crippen LogP contribution < -0.4 is 5.32 Å². The van der Waals surface area contributed by atoms with Crippen molar-refractivity contribution in [1.29, 1.82) is 0 Å². The van der Waals surface area contributed by atoms with E-state index >= 15 is 0 Å². The summed E-state index contributed by atoms with van der Waals surface area (Å²) in [4.78, 5) is 42.1. The number of phenolic OH excluding ortho intramolecular Hbond substituents is 1. The number of ketones is 1. The number of nitrogens with one attached hydrogen (secondary N) is 2. The van der Waals surface area contributed by atoms with Crippen LogP contribution in [0.5, 0.6) is 5.75 Å². The quantitative estimate of drug-likeness (QED) is 0.423. The molecule has 0 bridgehead atoms. The number of likely N-dealkylation sites (N-methyl/N-ethyl adjacent to an activating group) is 2. The molecule has 0 aliphatic heterocycles. The maximum atomic E-state index is 12.7. The first-order valence-corrected chi connectivity index (χ1v) is 9.25. The van der Waals surface area contributed by atoms with Crippen LogP contribution in [0.1, 0.15) is 22.3 Å². The van der Waals surface area contributed by atoms with Crippen LogP contribution in [0.3, 0.4) is 0 Å². The minimum absolute atomic E-state index is 0.0424. The molecule has 1 atom stereocenters. The summed E-state index contributed by atoms with van der Waals surface area (Å²) in [7, 11) is 3.04. The fraction of sp³-hybridized carbons (Fsp3) is 0.227. The summed E-state index contributed by atoms with van der Waals surface area (Å²) in [5.41, 5.74) is 2.11. The van der Waals surface area contributed by atoms with Gasteiger partial charge in [-0.05, 0) is 23.8 Å². The van der Waals surface area contributed by atoms with Crippen LogP contribution in [0.15, 0.2) is 54.7 Å². The number of fused-ring (bicyclic) bond motifs is 1. The molecule has 3 rings (SSSR count). The van der Waals surface area contributed by atoms with Gasteiger partial charge in [0, 0.05) is 43.2 Å². The van der Waals surface area contributed by atoms with Crippen molar-refractivity contribution in [3.05, 3.63) is 65.9 Å². The Hall–Kier alpha value is -3.61. The standard InChI is InChI=1S/C22H23N3O4/c1-23-22(29)19(11-15-13-24-18-9-4-3-8-17(15)18)25(2)21(28)12-20(27)14-6-5-7-16(26)10-14/h3-10,13,19,24,26H,11-12H2,1-2H3,(H,23,29)/t19-/m0/s1. The third kappa shape index (κ3) is 4.45. The van der Waals surface area contributed by atoms with Crippen LogP contribution in [-0.2, 0) is 16.0 Å². The summed E-state index contributed by atoms with van der Waals surface area (Å²) in [5, 5.41) is 13.1. The van der Waals surface area contributed by atoms with E-state index in [0.717, 1.165) is 16.5 Å². The highest BCUT2D eigenvalue weighted by Gasteiger charge is 2.28. The Bertz CT molecular complexity index is 1060. The number of phenols is 1. The molecule has 7 nitrogen and oxygen atoms in total. The molecule has 0 saturated carbocycles. The molecular formula is C22H23N3O4. The van der Waals surface area contributed by atoms with Gasteiger partial charge in [-0.25, -0.2) is 0 Å². The number of H-pyrrole nitrogens is 1. The van der Waals surface area contributed by atoms with Gasteiger partial charge in [-0.3, -0.25) is 14.4 Å². The van der Waals surface area contributed by atoms with Crippen LogP contribution in [0.4, 0.5) is 0 Å². The second-order valence-corrected chi connectivity index (χ2v) is 6.85. The predicted molar refractivity (Wildman–Crippen MR) is 110 cm³/mol. The third-order valence-electron chi connectivity index (χ3n) is 4.98. The number of hydrogen-bond acceptors (Lipinski definition) is 4. The molecule has 0 aliphatic rings. The molecule has 0 radical (unpaired) electrons. The molecule has 1 aromatic heterocycles. The number of hydrogen-bond donors (Lipinski definition) is 3. The normalized spacial score (nSPS) is 11.8. The number of nitrogens with zero attached hydrogens (tertiary/aromatic N) is 1. The van der Waals surface area contributed by atoms with Crippen LogP contribution in [0, 0.1) is 0 Å². The number of rotatable bonds is 7. The van der Waals surface area contributed by atoms with E-state index in [2.05, 4.69) is 10.3 Å². The number of aromatic amines is 1. The molecular weight excluding hydrogens is 370 g/mol. The Kier molecular flexibility index (Phi) is 5.97. The average molecular weight is 393 g/mol. The smallest absolute Gasteiger partial charge is 0.242 e. The van der Waals surface area contributed by atoms with Gasteiger partial charge in [0.25, 0.3) is 0 Å². The minimum Gasteiger partial charge on any atom is -0.508 e. The van der Waals surface area contributed by atoms with Crippen molar-refractivity contribution in [2.24, 2.45) is 0 Å². The van der Waals surface area contributed by atoms with Crippen molar-refractivity contribution < 1.29 is 19.5 Å². The van der Waals surface area contributed by atoms with E-state index in [1.54, 1.807) is 6.07 Å². The number of aromatic nitrogens is 1. The molecule has 7 heteroatoms. The van der Waals surface area contributed by atoms with Gasteiger partial charge in [0.15, 0.2) is 5.78 Å². The zero-order valence-electron chi connectivity index (χ0n) is 16.3. The number of benzene rings is 2. The highest BCUT2D eigenvalue weighted by molar-refractivity contribution is 6.08. The minimum atomic E-state index is -0.760. The Balaban J connectivity index is 1.78.